The molecule has 1 N–H and O–H groups in total. The molecule has 2 unspecified atom stereocenters. The van der Waals surface area contributed by atoms with Gasteiger partial charge in [0.15, 0.2) is 9.84 Å². The lowest BCUT2D eigenvalue weighted by Gasteiger charge is -2.16. The van der Waals surface area contributed by atoms with Gasteiger partial charge >= 0.3 is 0 Å². The SMILES string of the molecule is Cc1nc2ccccc2nc1CS(=O)(=O)C(C)C(=O)NCC1CCCO1. The molecule has 2 heterocycles. The van der Waals surface area contributed by atoms with Crippen LogP contribution in [0.1, 0.15) is 31.2 Å². The zero-order valence-electron chi connectivity index (χ0n) is 14.9. The number of nitrogens with one attached hydrogen (secondary N) is 1. The second-order valence-corrected chi connectivity index (χ2v) is 8.90. The number of aryl methyl sites for hydroxylation is 1. The van der Waals surface area contributed by atoms with Gasteiger partial charge in [0, 0.05) is 13.2 Å². The number of sulfone groups is 1. The monoisotopic (exact) mass is 377 g/mol. The third-order valence-corrected chi connectivity index (χ3v) is 6.58. The molecule has 0 radical (unpaired) electrons. The van der Waals surface area contributed by atoms with E-state index in [0.29, 0.717) is 35.6 Å². The molecule has 140 valence electrons. The number of aromatic nitrogens is 2. The molecule has 0 spiro atoms. The molecule has 2 atom stereocenters. The van der Waals surface area contributed by atoms with Gasteiger partial charge in [0.25, 0.3) is 0 Å². The van der Waals surface area contributed by atoms with Gasteiger partial charge in [0.1, 0.15) is 5.25 Å². The molecule has 8 heteroatoms. The lowest BCUT2D eigenvalue weighted by molar-refractivity contribution is -0.120. The minimum Gasteiger partial charge on any atom is -0.376 e. The Morgan fingerprint density at radius 3 is 2.65 bits per heavy atom. The van der Waals surface area contributed by atoms with Crippen molar-refractivity contribution in [2.45, 2.75) is 43.8 Å². The molecular formula is C18H23N3O4S. The number of hydrogen-bond donors (Lipinski definition) is 1. The molecule has 1 saturated heterocycles. The number of fused-ring (bicyclic) bond motifs is 1. The summed E-state index contributed by atoms with van der Waals surface area (Å²) in [7, 11) is -3.70. The van der Waals surface area contributed by atoms with E-state index in [2.05, 4.69) is 15.3 Å². The zero-order chi connectivity index (χ0) is 18.7. The molecule has 1 fully saturated rings. The average molecular weight is 377 g/mol. The van der Waals surface area contributed by atoms with Crippen LogP contribution >= 0.6 is 0 Å². The maximum atomic E-state index is 12.7. The highest BCUT2D eigenvalue weighted by molar-refractivity contribution is 7.92. The third-order valence-electron chi connectivity index (χ3n) is 4.62. The second-order valence-electron chi connectivity index (χ2n) is 6.57. The molecule has 1 aliphatic heterocycles. The molecule has 1 aliphatic rings. The first-order valence-electron chi connectivity index (χ1n) is 8.70. The molecule has 1 amide bonds. The number of hydrogen-bond acceptors (Lipinski definition) is 6. The van der Waals surface area contributed by atoms with Crippen molar-refractivity contribution >= 4 is 26.8 Å². The highest BCUT2D eigenvalue weighted by Gasteiger charge is 2.30. The predicted octanol–water partition coefficient (Wildman–Crippen LogP) is 1.54. The Bertz CT molecular complexity index is 908. The van der Waals surface area contributed by atoms with Gasteiger partial charge in [0.05, 0.1) is 34.3 Å². The van der Waals surface area contributed by atoms with Crippen LogP contribution in [0.3, 0.4) is 0 Å². The van der Waals surface area contributed by atoms with Gasteiger partial charge < -0.3 is 10.1 Å². The third kappa shape index (κ3) is 4.19. The van der Waals surface area contributed by atoms with Crippen LogP contribution in [0.2, 0.25) is 0 Å². The van der Waals surface area contributed by atoms with Crippen molar-refractivity contribution in [1.82, 2.24) is 15.3 Å². The normalized spacial score (nSPS) is 18.8. The number of amides is 1. The summed E-state index contributed by atoms with van der Waals surface area (Å²) in [6.45, 7) is 4.16. The molecule has 2 aromatic rings. The maximum absolute atomic E-state index is 12.7. The fraction of sp³-hybridized carbons (Fsp3) is 0.500. The van der Waals surface area contributed by atoms with E-state index in [1.54, 1.807) is 13.0 Å². The fourth-order valence-electron chi connectivity index (χ4n) is 2.90. The van der Waals surface area contributed by atoms with Crippen molar-refractivity contribution in [2.75, 3.05) is 13.2 Å². The molecular weight excluding hydrogens is 354 g/mol. The summed E-state index contributed by atoms with van der Waals surface area (Å²) in [6, 6.07) is 7.30. The lowest BCUT2D eigenvalue weighted by Crippen LogP contribution is -2.41. The molecule has 0 saturated carbocycles. The van der Waals surface area contributed by atoms with Crippen molar-refractivity contribution in [1.29, 1.82) is 0 Å². The summed E-state index contributed by atoms with van der Waals surface area (Å²) in [6.07, 6.45) is 1.82. The molecule has 0 bridgehead atoms. The van der Waals surface area contributed by atoms with Crippen LogP contribution in [0, 0.1) is 6.92 Å². The first-order chi connectivity index (χ1) is 12.4. The Morgan fingerprint density at radius 2 is 2.00 bits per heavy atom. The average Bonchev–Trinajstić information content (AvgIpc) is 3.13. The minimum atomic E-state index is -3.70. The summed E-state index contributed by atoms with van der Waals surface area (Å²) >= 11 is 0. The smallest absolute Gasteiger partial charge is 0.238 e. The highest BCUT2D eigenvalue weighted by atomic mass is 32.2. The standard InChI is InChI=1S/C18H23N3O4S/c1-12-17(21-16-8-4-3-7-15(16)20-12)11-26(23,24)13(2)18(22)19-10-14-6-5-9-25-14/h3-4,7-8,13-14H,5-6,9-11H2,1-2H3,(H,19,22). The Balaban J connectivity index is 1.71. The molecule has 0 aliphatic carbocycles. The first-order valence-corrected chi connectivity index (χ1v) is 10.4. The summed E-state index contributed by atoms with van der Waals surface area (Å²) in [5.41, 5.74) is 2.29. The van der Waals surface area contributed by atoms with E-state index in [0.717, 1.165) is 12.8 Å². The summed E-state index contributed by atoms with van der Waals surface area (Å²) in [5.74, 6) is -0.822. The van der Waals surface area contributed by atoms with Gasteiger partial charge in [-0.1, -0.05) is 12.1 Å². The summed E-state index contributed by atoms with van der Waals surface area (Å²) < 4.78 is 30.8. The minimum absolute atomic E-state index is 0.0255. The Labute approximate surface area is 153 Å². The van der Waals surface area contributed by atoms with Gasteiger partial charge in [-0.15, -0.1) is 0 Å². The van der Waals surface area contributed by atoms with Crippen LogP contribution in [0.15, 0.2) is 24.3 Å². The van der Waals surface area contributed by atoms with E-state index in [1.807, 2.05) is 18.2 Å². The number of ether oxygens (including phenoxy) is 1. The number of rotatable bonds is 6. The van der Waals surface area contributed by atoms with Crippen molar-refractivity contribution in [2.24, 2.45) is 0 Å². The summed E-state index contributed by atoms with van der Waals surface area (Å²) in [5, 5.41) is 1.53. The Morgan fingerprint density at radius 1 is 1.31 bits per heavy atom. The Hall–Kier alpha value is -2.06. The van der Waals surface area contributed by atoms with Gasteiger partial charge in [-0.25, -0.2) is 18.4 Å². The largest absolute Gasteiger partial charge is 0.376 e. The number of para-hydroxylation sites is 2. The lowest BCUT2D eigenvalue weighted by atomic mass is 10.2. The number of carbonyl (C=O) groups excluding carboxylic acids is 1. The van der Waals surface area contributed by atoms with E-state index < -0.39 is 21.0 Å². The van der Waals surface area contributed by atoms with E-state index in [1.165, 1.54) is 6.92 Å². The van der Waals surface area contributed by atoms with Crippen LogP contribution < -0.4 is 5.32 Å². The van der Waals surface area contributed by atoms with Crippen LogP contribution in [-0.2, 0) is 25.1 Å². The van der Waals surface area contributed by atoms with Crippen LogP contribution in [0.25, 0.3) is 11.0 Å². The quantitative estimate of drug-likeness (QED) is 0.820. The van der Waals surface area contributed by atoms with Gasteiger partial charge in [-0.05, 0) is 38.8 Å². The summed E-state index contributed by atoms with van der Waals surface area (Å²) in [4.78, 5) is 21.1. The first kappa shape index (κ1) is 18.7. The molecule has 7 nitrogen and oxygen atoms in total. The highest BCUT2D eigenvalue weighted by Crippen LogP contribution is 2.17. The van der Waals surface area contributed by atoms with Crippen molar-refractivity contribution < 1.29 is 17.9 Å². The number of benzene rings is 1. The van der Waals surface area contributed by atoms with Crippen molar-refractivity contribution in [3.8, 4) is 0 Å². The maximum Gasteiger partial charge on any atom is 0.238 e. The Kier molecular flexibility index (Phi) is 5.52. The van der Waals surface area contributed by atoms with Crippen LogP contribution in [-0.4, -0.2) is 48.8 Å². The topological polar surface area (TPSA) is 98.3 Å². The number of nitrogens with zero attached hydrogens (tertiary/aromatic N) is 2. The van der Waals surface area contributed by atoms with Gasteiger partial charge in [-0.3, -0.25) is 4.79 Å². The molecule has 26 heavy (non-hydrogen) atoms. The molecule has 1 aromatic heterocycles. The molecule has 1 aromatic carbocycles. The van der Waals surface area contributed by atoms with Crippen molar-refractivity contribution in [3.63, 3.8) is 0 Å². The van der Waals surface area contributed by atoms with E-state index >= 15 is 0 Å². The van der Waals surface area contributed by atoms with Crippen LogP contribution in [0.4, 0.5) is 0 Å². The fourth-order valence-corrected chi connectivity index (χ4v) is 4.22. The van der Waals surface area contributed by atoms with E-state index in [-0.39, 0.29) is 11.9 Å². The second kappa shape index (κ2) is 7.67. The van der Waals surface area contributed by atoms with E-state index in [4.69, 9.17) is 4.74 Å². The van der Waals surface area contributed by atoms with E-state index in [9.17, 15) is 13.2 Å². The van der Waals surface area contributed by atoms with Crippen LogP contribution in [0.5, 0.6) is 0 Å². The number of carbonyl (C=O) groups is 1. The molecule has 3 rings (SSSR count). The predicted molar refractivity (Wildman–Crippen MR) is 98.3 cm³/mol. The van der Waals surface area contributed by atoms with Gasteiger partial charge in [0.2, 0.25) is 5.91 Å². The van der Waals surface area contributed by atoms with Crippen molar-refractivity contribution in [3.05, 3.63) is 35.7 Å². The van der Waals surface area contributed by atoms with Gasteiger partial charge in [-0.2, -0.15) is 0 Å². The zero-order valence-corrected chi connectivity index (χ0v) is 15.8.